The first-order valence-electron chi connectivity index (χ1n) is 4.92. The van der Waals surface area contributed by atoms with Crippen LogP contribution in [0, 0.1) is 5.82 Å². The first-order valence-corrected chi connectivity index (χ1v) is 6.53. The van der Waals surface area contributed by atoms with Gasteiger partial charge in [0, 0.05) is 9.50 Å². The van der Waals surface area contributed by atoms with Crippen molar-refractivity contribution in [2.45, 2.75) is 5.38 Å². The van der Waals surface area contributed by atoms with E-state index in [1.54, 1.807) is 18.2 Å². The van der Waals surface area contributed by atoms with E-state index in [4.69, 9.17) is 23.2 Å². The third kappa shape index (κ3) is 3.01. The van der Waals surface area contributed by atoms with Crippen LogP contribution in [0.15, 0.2) is 46.9 Å². The van der Waals surface area contributed by atoms with E-state index in [1.807, 2.05) is 12.1 Å². The molecule has 0 saturated carbocycles. The number of hydrogen-bond acceptors (Lipinski definition) is 0. The van der Waals surface area contributed by atoms with Gasteiger partial charge in [-0.15, -0.1) is 11.6 Å². The van der Waals surface area contributed by atoms with Crippen molar-refractivity contribution < 1.29 is 4.39 Å². The predicted molar refractivity (Wildman–Crippen MR) is 73.2 cm³/mol. The zero-order valence-corrected chi connectivity index (χ0v) is 11.7. The molecule has 0 aliphatic rings. The van der Waals surface area contributed by atoms with Gasteiger partial charge in [0.1, 0.15) is 5.82 Å². The van der Waals surface area contributed by atoms with Gasteiger partial charge in [0.25, 0.3) is 0 Å². The molecule has 88 valence electrons. The van der Waals surface area contributed by atoms with E-state index in [0.717, 1.165) is 15.6 Å². The molecule has 2 aromatic rings. The van der Waals surface area contributed by atoms with Gasteiger partial charge in [-0.3, -0.25) is 0 Å². The minimum atomic E-state index is -0.379. The normalized spacial score (nSPS) is 12.5. The highest BCUT2D eigenvalue weighted by Crippen LogP contribution is 2.34. The second kappa shape index (κ2) is 5.38. The lowest BCUT2D eigenvalue weighted by molar-refractivity contribution is 0.627. The highest BCUT2D eigenvalue weighted by molar-refractivity contribution is 9.10. The molecule has 0 radical (unpaired) electrons. The summed E-state index contributed by atoms with van der Waals surface area (Å²) < 4.78 is 13.7. The molecular formula is C13H8BrCl2F. The van der Waals surface area contributed by atoms with Crippen LogP contribution in [-0.2, 0) is 0 Å². The topological polar surface area (TPSA) is 0 Å². The molecule has 0 aliphatic carbocycles. The molecule has 0 N–H and O–H groups in total. The standard InChI is InChI=1S/C13H8BrCl2F/c14-9-3-6-11(12(15)7-9)13(16)8-1-4-10(17)5-2-8/h1-7,13H. The Morgan fingerprint density at radius 1 is 1.06 bits per heavy atom. The van der Waals surface area contributed by atoms with Gasteiger partial charge in [-0.05, 0) is 35.4 Å². The van der Waals surface area contributed by atoms with Crippen LogP contribution in [0.2, 0.25) is 5.02 Å². The quantitative estimate of drug-likeness (QED) is 0.630. The van der Waals surface area contributed by atoms with E-state index in [0.29, 0.717) is 5.02 Å². The van der Waals surface area contributed by atoms with Crippen LogP contribution < -0.4 is 0 Å². The van der Waals surface area contributed by atoms with Crippen LogP contribution in [0.5, 0.6) is 0 Å². The van der Waals surface area contributed by atoms with Crippen molar-refractivity contribution in [3.8, 4) is 0 Å². The minimum absolute atomic E-state index is 0.278. The van der Waals surface area contributed by atoms with E-state index in [2.05, 4.69) is 15.9 Å². The van der Waals surface area contributed by atoms with Gasteiger partial charge in [0.05, 0.1) is 5.38 Å². The van der Waals surface area contributed by atoms with Crippen molar-refractivity contribution >= 4 is 39.1 Å². The highest BCUT2D eigenvalue weighted by atomic mass is 79.9. The zero-order chi connectivity index (χ0) is 12.4. The molecule has 0 saturated heterocycles. The molecule has 2 aromatic carbocycles. The van der Waals surface area contributed by atoms with Gasteiger partial charge in [0.15, 0.2) is 0 Å². The third-order valence-electron chi connectivity index (χ3n) is 2.40. The summed E-state index contributed by atoms with van der Waals surface area (Å²) in [6.07, 6.45) is 0. The SMILES string of the molecule is Fc1ccc(C(Cl)c2ccc(Br)cc2Cl)cc1. The maximum atomic E-state index is 12.8. The van der Waals surface area contributed by atoms with Crippen molar-refractivity contribution in [2.75, 3.05) is 0 Å². The lowest BCUT2D eigenvalue weighted by Crippen LogP contribution is -1.94. The average Bonchev–Trinajstić information content (AvgIpc) is 2.29. The molecular weight excluding hydrogens is 326 g/mol. The van der Waals surface area contributed by atoms with Gasteiger partial charge in [0.2, 0.25) is 0 Å². The number of hydrogen-bond donors (Lipinski definition) is 0. The molecule has 1 atom stereocenters. The number of halogens is 4. The summed E-state index contributed by atoms with van der Waals surface area (Å²) in [7, 11) is 0. The highest BCUT2D eigenvalue weighted by Gasteiger charge is 2.14. The average molecular weight is 334 g/mol. The summed E-state index contributed by atoms with van der Waals surface area (Å²) in [6.45, 7) is 0. The van der Waals surface area contributed by atoms with Crippen LogP contribution in [0.4, 0.5) is 4.39 Å². The molecule has 0 nitrogen and oxygen atoms in total. The summed E-state index contributed by atoms with van der Waals surface area (Å²) in [5.41, 5.74) is 1.63. The molecule has 0 amide bonds. The molecule has 0 aromatic heterocycles. The Morgan fingerprint density at radius 3 is 2.29 bits per heavy atom. The van der Waals surface area contributed by atoms with Crippen LogP contribution in [0.1, 0.15) is 16.5 Å². The first-order chi connectivity index (χ1) is 8.08. The number of alkyl halides is 1. The fourth-order valence-electron chi connectivity index (χ4n) is 1.52. The molecule has 1 unspecified atom stereocenters. The van der Waals surface area contributed by atoms with Gasteiger partial charge < -0.3 is 0 Å². The molecule has 0 spiro atoms. The largest absolute Gasteiger partial charge is 0.207 e. The summed E-state index contributed by atoms with van der Waals surface area (Å²) >= 11 is 15.8. The van der Waals surface area contributed by atoms with Crippen LogP contribution in [0.3, 0.4) is 0 Å². The number of benzene rings is 2. The third-order valence-corrected chi connectivity index (χ3v) is 3.71. The maximum Gasteiger partial charge on any atom is 0.123 e. The monoisotopic (exact) mass is 332 g/mol. The Hall–Kier alpha value is -0.570. The maximum absolute atomic E-state index is 12.8. The van der Waals surface area contributed by atoms with Crippen molar-refractivity contribution in [2.24, 2.45) is 0 Å². The number of rotatable bonds is 2. The smallest absolute Gasteiger partial charge is 0.123 e. The van der Waals surface area contributed by atoms with Crippen LogP contribution in [0.25, 0.3) is 0 Å². The molecule has 0 aliphatic heterocycles. The van der Waals surface area contributed by atoms with E-state index in [-0.39, 0.29) is 11.2 Å². The predicted octanol–water partition coefficient (Wildman–Crippen LogP) is 5.57. The van der Waals surface area contributed by atoms with Crippen molar-refractivity contribution in [1.29, 1.82) is 0 Å². The molecule has 0 bridgehead atoms. The zero-order valence-electron chi connectivity index (χ0n) is 8.63. The Bertz CT molecular complexity index is 525. The van der Waals surface area contributed by atoms with E-state index in [1.165, 1.54) is 12.1 Å². The van der Waals surface area contributed by atoms with Crippen LogP contribution in [-0.4, -0.2) is 0 Å². The molecule has 17 heavy (non-hydrogen) atoms. The van der Waals surface area contributed by atoms with E-state index < -0.39 is 0 Å². The van der Waals surface area contributed by atoms with Crippen molar-refractivity contribution in [3.63, 3.8) is 0 Å². The van der Waals surface area contributed by atoms with Gasteiger partial charge in [-0.1, -0.05) is 45.7 Å². The summed E-state index contributed by atoms with van der Waals surface area (Å²) in [5, 5.41) is 0.208. The van der Waals surface area contributed by atoms with Gasteiger partial charge in [-0.25, -0.2) is 4.39 Å². The molecule has 0 fully saturated rings. The molecule has 2 rings (SSSR count). The lowest BCUT2D eigenvalue weighted by atomic mass is 10.0. The lowest BCUT2D eigenvalue weighted by Gasteiger charge is -2.12. The van der Waals surface area contributed by atoms with Gasteiger partial charge >= 0.3 is 0 Å². The fraction of sp³-hybridized carbons (Fsp3) is 0.0769. The summed E-state index contributed by atoms with van der Waals surface area (Å²) in [6, 6.07) is 11.6. The van der Waals surface area contributed by atoms with Crippen molar-refractivity contribution in [3.05, 3.63) is 68.9 Å². The second-order valence-corrected chi connectivity index (χ2v) is 5.34. The first kappa shape index (κ1) is 12.9. The molecule has 4 heteroatoms. The Balaban J connectivity index is 2.36. The second-order valence-electron chi connectivity index (χ2n) is 3.58. The Morgan fingerprint density at radius 2 is 1.71 bits per heavy atom. The van der Waals surface area contributed by atoms with E-state index >= 15 is 0 Å². The minimum Gasteiger partial charge on any atom is -0.207 e. The Kier molecular flexibility index (Phi) is 4.08. The molecule has 0 heterocycles. The van der Waals surface area contributed by atoms with Gasteiger partial charge in [-0.2, -0.15) is 0 Å². The Labute approximate surface area is 117 Å². The summed E-state index contributed by atoms with van der Waals surface area (Å²) in [5.74, 6) is -0.278. The van der Waals surface area contributed by atoms with Crippen LogP contribution >= 0.6 is 39.1 Å². The van der Waals surface area contributed by atoms with Crippen molar-refractivity contribution in [1.82, 2.24) is 0 Å². The summed E-state index contributed by atoms with van der Waals surface area (Å²) in [4.78, 5) is 0. The van der Waals surface area contributed by atoms with E-state index in [9.17, 15) is 4.39 Å². The fourth-order valence-corrected chi connectivity index (χ4v) is 2.69.